The molecule has 0 unspecified atom stereocenters. The first-order chi connectivity index (χ1) is 21.4. The summed E-state index contributed by atoms with van der Waals surface area (Å²) in [6.45, 7) is 5.76. The molecule has 3 heterocycles. The monoisotopic (exact) mass is 733 g/mol. The number of alkyl halides is 4. The summed E-state index contributed by atoms with van der Waals surface area (Å²) in [5.41, 5.74) is 4.28. The number of aliphatic carboxylic acids is 1. The van der Waals surface area contributed by atoms with Crippen molar-refractivity contribution >= 4 is 23.6 Å². The van der Waals surface area contributed by atoms with Gasteiger partial charge in [0.15, 0.2) is 0 Å². The summed E-state index contributed by atoms with van der Waals surface area (Å²) < 4.78 is 6.81. The van der Waals surface area contributed by atoms with Gasteiger partial charge in [0, 0.05) is 26.6 Å². The molecule has 0 spiro atoms. The molecule has 2 aromatic carbocycles. The second-order valence-electron chi connectivity index (χ2n) is 13.6. The summed E-state index contributed by atoms with van der Waals surface area (Å²) in [6, 6.07) is 14.1. The first-order valence-electron chi connectivity index (χ1n) is 16.1. The number of carboxylic acids is 1. The Kier molecular flexibility index (Phi) is 10.6. The third kappa shape index (κ3) is 7.93. The maximum absolute atomic E-state index is 14.2. The number of unbranched alkanes of at least 4 members (excludes halogenated alkanes) is 1. The normalized spacial score (nSPS) is 22.1. The molecular formula is C35H50IN4O5-. The minimum atomic E-state index is -1.78. The van der Waals surface area contributed by atoms with E-state index in [1.807, 2.05) is 23.1 Å². The van der Waals surface area contributed by atoms with Crippen molar-refractivity contribution in [2.45, 2.75) is 49.0 Å². The number of urea groups is 1. The Morgan fingerprint density at radius 2 is 1.91 bits per heavy atom. The Morgan fingerprint density at radius 1 is 1.11 bits per heavy atom. The molecule has 2 saturated heterocycles. The number of nitrogens with zero attached hydrogens (tertiary/aromatic N) is 4. The van der Waals surface area contributed by atoms with Crippen molar-refractivity contribution < 1.29 is 42.7 Å². The molecule has 0 saturated carbocycles. The van der Waals surface area contributed by atoms with Gasteiger partial charge in [0.1, 0.15) is 5.75 Å². The molecule has 3 aliphatic rings. The average molecular weight is 734 g/mol. The zero-order chi connectivity index (χ0) is 32.3. The van der Waals surface area contributed by atoms with Gasteiger partial charge in [-0.05, 0) is 11.6 Å². The maximum atomic E-state index is 14.2. The van der Waals surface area contributed by atoms with Gasteiger partial charge in [0.05, 0.1) is 6.61 Å². The molecule has 3 aliphatic heterocycles. The van der Waals surface area contributed by atoms with Crippen LogP contribution in [-0.4, -0.2) is 111 Å². The topological polar surface area (TPSA) is 93.6 Å². The van der Waals surface area contributed by atoms with E-state index >= 15 is 0 Å². The van der Waals surface area contributed by atoms with Gasteiger partial charge < -0.3 is 9.64 Å². The molecule has 0 bridgehead atoms. The van der Waals surface area contributed by atoms with E-state index in [2.05, 4.69) is 50.9 Å². The molecule has 248 valence electrons. The number of likely N-dealkylation sites (tertiary alicyclic amines) is 1. The van der Waals surface area contributed by atoms with E-state index in [9.17, 15) is 19.5 Å². The number of fused-ring (bicyclic) bond motifs is 1. The van der Waals surface area contributed by atoms with Crippen molar-refractivity contribution in [2.75, 3.05) is 72.6 Å². The molecule has 5 rings (SSSR count). The van der Waals surface area contributed by atoms with Crippen LogP contribution in [0.4, 0.5) is 10.5 Å². The number of amides is 3. The number of hydrogen-bond donors (Lipinski definition) is 1. The van der Waals surface area contributed by atoms with Crippen LogP contribution in [0, 0.1) is 5.92 Å². The summed E-state index contributed by atoms with van der Waals surface area (Å²) in [7, 11) is 1.79. The summed E-state index contributed by atoms with van der Waals surface area (Å²) in [5, 5.41) is 10.6. The number of carbonyl (C=O) groups is 3. The molecule has 3 atom stereocenters. The van der Waals surface area contributed by atoms with Crippen LogP contribution in [0.2, 0.25) is 0 Å². The standard InChI is InChI=1S/C35H50IN4O5/c1-6-7-15-40(28-10-8-9-25(20-28)22-36(2,3)4)32(41)24-39-23-29(26-11-12-31-27(21-26)14-19-45-31)33(34(42)43)30(39)13-16-38-18-17-37(5)35(38)44/h8-12,20-21,29-30,33H,6-7,13-19,22-24H2,1-5H3,(H,42,43)/q-1/t29-,30+,33-/m1/s1. The second-order valence-corrected chi connectivity index (χ2v) is 25.4. The number of benzene rings is 2. The van der Waals surface area contributed by atoms with Gasteiger partial charge >= 0.3 is 208 Å². The van der Waals surface area contributed by atoms with Crippen molar-refractivity contribution in [3.8, 4) is 5.75 Å². The van der Waals surface area contributed by atoms with E-state index in [1.54, 1.807) is 16.8 Å². The van der Waals surface area contributed by atoms with Crippen LogP contribution in [0.15, 0.2) is 42.5 Å². The molecule has 2 aromatic rings. The molecule has 2 fully saturated rings. The number of carboxylic acid groups (broad SMARTS) is 1. The number of anilines is 1. The predicted molar refractivity (Wildman–Crippen MR) is 174 cm³/mol. The van der Waals surface area contributed by atoms with Gasteiger partial charge in [0.25, 0.3) is 0 Å². The van der Waals surface area contributed by atoms with Crippen molar-refractivity contribution in [3.05, 3.63) is 59.2 Å². The van der Waals surface area contributed by atoms with Crippen LogP contribution in [-0.2, 0) is 20.4 Å². The molecule has 0 aromatic heterocycles. The Balaban J connectivity index is 1.43. The molecule has 9 nitrogen and oxygen atoms in total. The van der Waals surface area contributed by atoms with E-state index < -0.39 is 30.3 Å². The summed E-state index contributed by atoms with van der Waals surface area (Å²) >= 11 is -1.78. The molecule has 0 radical (unpaired) electrons. The minimum absolute atomic E-state index is 0.00801. The van der Waals surface area contributed by atoms with Crippen LogP contribution in [0.5, 0.6) is 5.75 Å². The summed E-state index contributed by atoms with van der Waals surface area (Å²) in [4.78, 5) is 54.6. The SMILES string of the molecule is CCCCN(C(=O)CN1C[C@H](c2ccc3c(c2)CCO3)[C@@H](C(=O)O)[C@@H]1CCN1CCN(C)C1=O)c1cccc(C[I-](C)(C)C)c1. The van der Waals surface area contributed by atoms with Crippen molar-refractivity contribution in [3.63, 3.8) is 0 Å². The zero-order valence-corrected chi connectivity index (χ0v) is 29.7. The number of hydrogen-bond acceptors (Lipinski definition) is 5. The van der Waals surface area contributed by atoms with Gasteiger partial charge in [-0.2, -0.15) is 0 Å². The van der Waals surface area contributed by atoms with Gasteiger partial charge in [0.2, 0.25) is 0 Å². The third-order valence-electron chi connectivity index (χ3n) is 9.32. The number of ether oxygens (including phenoxy) is 1. The average Bonchev–Trinajstić information content (AvgIpc) is 3.68. The number of halogens is 1. The van der Waals surface area contributed by atoms with Crippen molar-refractivity contribution in [1.29, 1.82) is 0 Å². The van der Waals surface area contributed by atoms with Crippen LogP contribution < -0.4 is 28.1 Å². The van der Waals surface area contributed by atoms with E-state index in [4.69, 9.17) is 4.74 Å². The van der Waals surface area contributed by atoms with Crippen LogP contribution in [0.1, 0.15) is 48.8 Å². The van der Waals surface area contributed by atoms with Gasteiger partial charge in [-0.3, -0.25) is 0 Å². The quantitative estimate of drug-likeness (QED) is 0.246. The van der Waals surface area contributed by atoms with Crippen molar-refractivity contribution in [2.24, 2.45) is 5.92 Å². The number of likely N-dealkylation sites (N-methyl/N-ethyl adjacent to an activating group) is 1. The van der Waals surface area contributed by atoms with Gasteiger partial charge in [-0.1, -0.05) is 0 Å². The van der Waals surface area contributed by atoms with E-state index in [0.717, 1.165) is 46.3 Å². The number of rotatable bonds is 13. The first-order valence-corrected chi connectivity index (χ1v) is 24.1. The molecule has 45 heavy (non-hydrogen) atoms. The van der Waals surface area contributed by atoms with Crippen LogP contribution in [0.25, 0.3) is 0 Å². The Hall–Kier alpha value is -2.86. The first kappa shape index (κ1) is 33.5. The molecule has 10 heteroatoms. The Bertz CT molecular complexity index is 1390. The Morgan fingerprint density at radius 3 is 2.60 bits per heavy atom. The zero-order valence-electron chi connectivity index (χ0n) is 27.5. The molecule has 0 aliphatic carbocycles. The number of carbonyl (C=O) groups excluding carboxylic acids is 2. The van der Waals surface area contributed by atoms with Gasteiger partial charge in [-0.25, -0.2) is 4.79 Å². The van der Waals surface area contributed by atoms with Crippen LogP contribution in [0.3, 0.4) is 0 Å². The second kappa shape index (κ2) is 14.3. The predicted octanol–water partition coefficient (Wildman–Crippen LogP) is 1.23. The van der Waals surface area contributed by atoms with E-state index in [-0.39, 0.29) is 30.4 Å². The molecular weight excluding hydrogens is 683 g/mol. The Labute approximate surface area is 272 Å². The van der Waals surface area contributed by atoms with Crippen LogP contribution >= 0.6 is 0 Å². The van der Waals surface area contributed by atoms with E-state index in [0.29, 0.717) is 45.8 Å². The summed E-state index contributed by atoms with van der Waals surface area (Å²) in [6.07, 6.45) is 3.17. The molecule has 3 amide bonds. The summed E-state index contributed by atoms with van der Waals surface area (Å²) in [5.74, 6) is -0.961. The molecule has 1 N–H and O–H groups in total. The third-order valence-corrected chi connectivity index (χ3v) is 12.5. The fourth-order valence-corrected chi connectivity index (χ4v) is 10.2. The fourth-order valence-electron chi connectivity index (χ4n) is 7.07. The fraction of sp³-hybridized carbons (Fsp3) is 0.571. The van der Waals surface area contributed by atoms with E-state index in [1.165, 1.54) is 5.56 Å². The van der Waals surface area contributed by atoms with Gasteiger partial charge in [-0.15, -0.1) is 0 Å². The van der Waals surface area contributed by atoms with Crippen molar-refractivity contribution in [1.82, 2.24) is 14.7 Å².